The zero-order chi connectivity index (χ0) is 28.1. The van der Waals surface area contributed by atoms with Crippen LogP contribution in [-0.4, -0.2) is 35.6 Å². The summed E-state index contributed by atoms with van der Waals surface area (Å²) in [5.41, 5.74) is 5.19. The molecule has 4 aromatic carbocycles. The fourth-order valence-electron chi connectivity index (χ4n) is 5.25. The van der Waals surface area contributed by atoms with Crippen molar-refractivity contribution in [3.63, 3.8) is 0 Å². The van der Waals surface area contributed by atoms with Crippen molar-refractivity contribution in [3.8, 4) is 0 Å². The first kappa shape index (κ1) is 28.0. The first-order chi connectivity index (χ1) is 19.4. The minimum atomic E-state index is -0.513. The van der Waals surface area contributed by atoms with Crippen LogP contribution in [0.1, 0.15) is 66.5 Å². The molecule has 1 aliphatic heterocycles. The number of nitrogens with zero attached hydrogens (tertiary/aromatic N) is 1. The average Bonchev–Trinajstić information content (AvgIpc) is 2.99. The average molecular weight is 539 g/mol. The highest BCUT2D eigenvalue weighted by molar-refractivity contribution is 5.83. The predicted octanol–water partition coefficient (Wildman–Crippen LogP) is 6.21. The van der Waals surface area contributed by atoms with Gasteiger partial charge in [0.2, 0.25) is 5.91 Å². The zero-order valence-electron chi connectivity index (χ0n) is 23.4. The van der Waals surface area contributed by atoms with E-state index < -0.39 is 6.29 Å². The van der Waals surface area contributed by atoms with Crippen molar-refractivity contribution in [1.29, 1.82) is 0 Å². The van der Waals surface area contributed by atoms with Gasteiger partial charge in [0, 0.05) is 38.0 Å². The van der Waals surface area contributed by atoms with Crippen molar-refractivity contribution in [2.45, 2.75) is 58.0 Å². The number of hydrogen-bond acceptors (Lipinski definition) is 5. The van der Waals surface area contributed by atoms with Gasteiger partial charge in [-0.05, 0) is 53.1 Å². The van der Waals surface area contributed by atoms with E-state index in [2.05, 4.69) is 66.7 Å². The third-order valence-corrected chi connectivity index (χ3v) is 7.82. The molecule has 1 heterocycles. The molecule has 0 spiro atoms. The van der Waals surface area contributed by atoms with E-state index >= 15 is 0 Å². The van der Waals surface area contributed by atoms with Crippen LogP contribution >= 0.6 is 0 Å². The smallest absolute Gasteiger partial charge is 0.217 e. The molecule has 6 heteroatoms. The summed E-state index contributed by atoms with van der Waals surface area (Å²) < 4.78 is 13.1. The highest BCUT2D eigenvalue weighted by Crippen LogP contribution is 2.38. The maximum atomic E-state index is 11.3. The molecule has 4 aromatic rings. The predicted molar refractivity (Wildman–Crippen MR) is 157 cm³/mol. The standard InChI is InChI=1S/C34H38N2O4/c1-23(30-17-16-27-6-4-5-7-31(27)18-30)36(3)21-32-19-33(28-12-10-26(22-37)11-13-28)40-34(39-32)29-14-8-25(9-15-29)20-35-24(2)38/h4-18,23,32-34,37H,19-22H2,1-3H3,(H,35,38). The number of aliphatic hydroxyl groups is 1. The molecule has 40 heavy (non-hydrogen) atoms. The second-order valence-electron chi connectivity index (χ2n) is 10.7. The normalized spacial score (nSPS) is 20.0. The number of aliphatic hydroxyl groups excluding tert-OH is 1. The van der Waals surface area contributed by atoms with Crippen LogP contribution in [0.4, 0.5) is 0 Å². The van der Waals surface area contributed by atoms with Crippen molar-refractivity contribution in [3.05, 3.63) is 119 Å². The van der Waals surface area contributed by atoms with Gasteiger partial charge in [0.15, 0.2) is 6.29 Å². The van der Waals surface area contributed by atoms with Crippen LogP contribution in [0.5, 0.6) is 0 Å². The lowest BCUT2D eigenvalue weighted by atomic mass is 9.98. The third kappa shape index (κ3) is 6.77. The van der Waals surface area contributed by atoms with Gasteiger partial charge in [-0.3, -0.25) is 9.69 Å². The van der Waals surface area contributed by atoms with Crippen molar-refractivity contribution < 1.29 is 19.4 Å². The maximum absolute atomic E-state index is 11.3. The Morgan fingerprint density at radius 1 is 0.925 bits per heavy atom. The largest absolute Gasteiger partial charge is 0.392 e. The molecular weight excluding hydrogens is 500 g/mol. The molecule has 0 bridgehead atoms. The lowest BCUT2D eigenvalue weighted by Gasteiger charge is -2.39. The fourth-order valence-corrected chi connectivity index (χ4v) is 5.25. The molecule has 0 aromatic heterocycles. The lowest BCUT2D eigenvalue weighted by Crippen LogP contribution is -2.38. The summed E-state index contributed by atoms with van der Waals surface area (Å²) in [6, 6.07) is 31.3. The summed E-state index contributed by atoms with van der Waals surface area (Å²) in [6.45, 7) is 5.01. The van der Waals surface area contributed by atoms with Gasteiger partial charge in [0.25, 0.3) is 0 Å². The number of benzene rings is 4. The molecule has 1 amide bonds. The number of carbonyl (C=O) groups excluding carboxylic acids is 1. The Morgan fingerprint density at radius 2 is 1.60 bits per heavy atom. The summed E-state index contributed by atoms with van der Waals surface area (Å²) in [5, 5.41) is 14.8. The topological polar surface area (TPSA) is 71.0 Å². The Kier molecular flexibility index (Phi) is 8.92. The van der Waals surface area contributed by atoms with Gasteiger partial charge in [0.05, 0.1) is 18.8 Å². The van der Waals surface area contributed by atoms with Crippen LogP contribution in [-0.2, 0) is 27.4 Å². The maximum Gasteiger partial charge on any atom is 0.217 e. The molecule has 1 aliphatic rings. The van der Waals surface area contributed by atoms with E-state index in [1.807, 2.05) is 48.5 Å². The van der Waals surface area contributed by atoms with Crippen LogP contribution in [0.3, 0.4) is 0 Å². The summed E-state index contributed by atoms with van der Waals surface area (Å²) in [5.74, 6) is -0.0528. The molecule has 6 nitrogen and oxygen atoms in total. The van der Waals surface area contributed by atoms with Crippen molar-refractivity contribution >= 4 is 16.7 Å². The first-order valence-corrected chi connectivity index (χ1v) is 13.9. The van der Waals surface area contributed by atoms with E-state index in [4.69, 9.17) is 9.47 Å². The van der Waals surface area contributed by atoms with Gasteiger partial charge >= 0.3 is 0 Å². The second-order valence-corrected chi connectivity index (χ2v) is 10.7. The van der Waals surface area contributed by atoms with Gasteiger partial charge in [-0.25, -0.2) is 0 Å². The molecule has 208 valence electrons. The Labute approximate surface area is 236 Å². The number of rotatable bonds is 9. The lowest BCUT2D eigenvalue weighted by molar-refractivity contribution is -0.253. The minimum Gasteiger partial charge on any atom is -0.392 e. The minimum absolute atomic E-state index is 0.0163. The van der Waals surface area contributed by atoms with Crippen molar-refractivity contribution in [2.24, 2.45) is 0 Å². The number of ether oxygens (including phenoxy) is 2. The molecule has 4 atom stereocenters. The number of amides is 1. The number of carbonyl (C=O) groups is 1. The van der Waals surface area contributed by atoms with E-state index in [9.17, 15) is 9.90 Å². The van der Waals surface area contributed by atoms with E-state index in [0.29, 0.717) is 6.54 Å². The second kappa shape index (κ2) is 12.7. The Bertz CT molecular complexity index is 1420. The molecule has 0 radical (unpaired) electrons. The summed E-state index contributed by atoms with van der Waals surface area (Å²) in [7, 11) is 2.15. The van der Waals surface area contributed by atoms with Gasteiger partial charge in [0.1, 0.15) is 0 Å². The highest BCUT2D eigenvalue weighted by Gasteiger charge is 2.33. The van der Waals surface area contributed by atoms with E-state index in [1.54, 1.807) is 0 Å². The number of nitrogens with one attached hydrogen (secondary N) is 1. The van der Waals surface area contributed by atoms with Crippen LogP contribution in [0.2, 0.25) is 0 Å². The molecule has 5 rings (SSSR count). The van der Waals surface area contributed by atoms with Crippen LogP contribution < -0.4 is 5.32 Å². The van der Waals surface area contributed by atoms with Gasteiger partial charge < -0.3 is 19.9 Å². The van der Waals surface area contributed by atoms with Crippen LogP contribution in [0, 0.1) is 0 Å². The number of hydrogen-bond donors (Lipinski definition) is 2. The SMILES string of the molecule is CC(=O)NCc1ccc(C2OC(CN(C)C(C)c3ccc4ccccc4c3)CC(c3ccc(CO)cc3)O2)cc1. The zero-order valence-corrected chi connectivity index (χ0v) is 23.4. The molecule has 1 saturated heterocycles. The summed E-state index contributed by atoms with van der Waals surface area (Å²) in [6.07, 6.45) is 0.0262. The van der Waals surface area contributed by atoms with E-state index in [-0.39, 0.29) is 30.8 Å². The Morgan fingerprint density at radius 3 is 2.30 bits per heavy atom. The van der Waals surface area contributed by atoms with Gasteiger partial charge in [-0.15, -0.1) is 0 Å². The van der Waals surface area contributed by atoms with Crippen LogP contribution in [0.25, 0.3) is 10.8 Å². The number of fused-ring (bicyclic) bond motifs is 1. The number of likely N-dealkylation sites (N-methyl/N-ethyl adjacent to an activating group) is 1. The third-order valence-electron chi connectivity index (χ3n) is 7.82. The summed E-state index contributed by atoms with van der Waals surface area (Å²) in [4.78, 5) is 13.6. The Hall–Kier alpha value is -3.55. The first-order valence-electron chi connectivity index (χ1n) is 13.9. The Balaban J connectivity index is 1.34. The fraction of sp³-hybridized carbons (Fsp3) is 0.324. The molecule has 0 saturated carbocycles. The van der Waals surface area contributed by atoms with Crippen molar-refractivity contribution in [1.82, 2.24) is 10.2 Å². The highest BCUT2D eigenvalue weighted by atomic mass is 16.7. The molecule has 2 N–H and O–H groups in total. The van der Waals surface area contributed by atoms with E-state index in [1.165, 1.54) is 23.3 Å². The molecule has 1 fully saturated rings. The van der Waals surface area contributed by atoms with Crippen LogP contribution in [0.15, 0.2) is 91.0 Å². The van der Waals surface area contributed by atoms with E-state index in [0.717, 1.165) is 35.2 Å². The molecule has 0 aliphatic carbocycles. The van der Waals surface area contributed by atoms with Gasteiger partial charge in [-0.1, -0.05) is 84.9 Å². The monoisotopic (exact) mass is 538 g/mol. The molecule has 4 unspecified atom stereocenters. The summed E-state index contributed by atoms with van der Waals surface area (Å²) >= 11 is 0. The molecular formula is C34H38N2O4. The van der Waals surface area contributed by atoms with Crippen molar-refractivity contribution in [2.75, 3.05) is 13.6 Å². The van der Waals surface area contributed by atoms with Gasteiger partial charge in [-0.2, -0.15) is 0 Å². The quantitative estimate of drug-likeness (QED) is 0.265.